The Morgan fingerprint density at radius 2 is 1.44 bits per heavy atom. The van der Waals surface area contributed by atoms with Gasteiger partial charge in [-0.1, -0.05) is 23.7 Å². The number of methoxy groups -OCH3 is 2. The first-order valence-electron chi connectivity index (χ1n) is 7.59. The summed E-state index contributed by atoms with van der Waals surface area (Å²) in [6, 6.07) is 11.7. The number of carbonyl (C=O) groups is 2. The summed E-state index contributed by atoms with van der Waals surface area (Å²) in [5.41, 5.74) is 0.777. The number of hydrogen-bond donors (Lipinski definition) is 2. The number of ether oxygens (including phenoxy) is 2. The highest BCUT2D eigenvalue weighted by Gasteiger charge is 2.13. The van der Waals surface area contributed by atoms with E-state index < -0.39 is 0 Å². The second-order valence-electron chi connectivity index (χ2n) is 5.06. The van der Waals surface area contributed by atoms with E-state index in [1.165, 1.54) is 20.3 Å². The summed E-state index contributed by atoms with van der Waals surface area (Å²) in [4.78, 5) is 24.4. The van der Waals surface area contributed by atoms with Gasteiger partial charge >= 0.3 is 0 Å². The Labute approximate surface area is 151 Å². The molecule has 132 valence electrons. The summed E-state index contributed by atoms with van der Waals surface area (Å²) in [6.07, 6.45) is 0. The first-order chi connectivity index (χ1) is 12.1. The highest BCUT2D eigenvalue weighted by Crippen LogP contribution is 2.22. The molecule has 0 saturated heterocycles. The number of benzene rings is 2. The Hall–Kier alpha value is -2.73. The summed E-state index contributed by atoms with van der Waals surface area (Å²) in [7, 11) is 2.98. The van der Waals surface area contributed by atoms with Crippen molar-refractivity contribution in [3.8, 4) is 11.5 Å². The molecular weight excluding hydrogens is 344 g/mol. The van der Waals surface area contributed by atoms with Crippen LogP contribution in [0, 0.1) is 0 Å². The molecule has 6 nitrogen and oxygen atoms in total. The van der Waals surface area contributed by atoms with Crippen LogP contribution in [-0.4, -0.2) is 39.1 Å². The number of hydrogen-bond acceptors (Lipinski definition) is 4. The lowest BCUT2D eigenvalue weighted by atomic mass is 10.2. The van der Waals surface area contributed by atoms with Gasteiger partial charge in [-0.25, -0.2) is 0 Å². The first kappa shape index (κ1) is 18.6. The third-order valence-electron chi connectivity index (χ3n) is 3.45. The van der Waals surface area contributed by atoms with Crippen LogP contribution in [0.1, 0.15) is 20.7 Å². The highest BCUT2D eigenvalue weighted by atomic mass is 35.5. The minimum absolute atomic E-state index is 0.259. The molecule has 7 heteroatoms. The Morgan fingerprint density at radius 1 is 0.880 bits per heavy atom. The van der Waals surface area contributed by atoms with Gasteiger partial charge < -0.3 is 20.1 Å². The van der Waals surface area contributed by atoms with E-state index >= 15 is 0 Å². The molecule has 0 atom stereocenters. The monoisotopic (exact) mass is 362 g/mol. The van der Waals surface area contributed by atoms with Crippen molar-refractivity contribution >= 4 is 23.4 Å². The van der Waals surface area contributed by atoms with Crippen LogP contribution in [0.3, 0.4) is 0 Å². The van der Waals surface area contributed by atoms with Crippen molar-refractivity contribution in [3.05, 3.63) is 58.6 Å². The molecule has 2 rings (SSSR count). The number of carbonyl (C=O) groups excluding carboxylic acids is 2. The van der Waals surface area contributed by atoms with Crippen LogP contribution < -0.4 is 20.1 Å². The average molecular weight is 363 g/mol. The van der Waals surface area contributed by atoms with E-state index in [0.29, 0.717) is 27.6 Å². The average Bonchev–Trinajstić information content (AvgIpc) is 2.64. The van der Waals surface area contributed by atoms with Gasteiger partial charge in [-0.05, 0) is 30.3 Å². The fourth-order valence-electron chi connectivity index (χ4n) is 2.23. The Morgan fingerprint density at radius 3 is 2.08 bits per heavy atom. The molecule has 0 unspecified atom stereocenters. The number of halogens is 1. The van der Waals surface area contributed by atoms with Gasteiger partial charge in [0.25, 0.3) is 11.8 Å². The van der Waals surface area contributed by atoms with Crippen LogP contribution in [0.25, 0.3) is 0 Å². The summed E-state index contributed by atoms with van der Waals surface area (Å²) in [5.74, 6) is 0.325. The molecule has 0 aliphatic heterocycles. The van der Waals surface area contributed by atoms with E-state index in [2.05, 4.69) is 10.6 Å². The van der Waals surface area contributed by atoms with Gasteiger partial charge in [0.15, 0.2) is 0 Å². The van der Waals surface area contributed by atoms with Gasteiger partial charge in [-0.3, -0.25) is 9.59 Å². The second kappa shape index (κ2) is 8.94. The van der Waals surface area contributed by atoms with Gasteiger partial charge in [0.1, 0.15) is 11.5 Å². The van der Waals surface area contributed by atoms with E-state index in [1.54, 1.807) is 36.4 Å². The molecular formula is C18H19ClN2O4. The summed E-state index contributed by atoms with van der Waals surface area (Å²) in [5, 5.41) is 5.88. The van der Waals surface area contributed by atoms with E-state index in [4.69, 9.17) is 21.1 Å². The molecule has 0 radical (unpaired) electrons. The number of nitrogens with one attached hydrogen (secondary N) is 2. The minimum Gasteiger partial charge on any atom is -0.496 e. The van der Waals surface area contributed by atoms with Crippen LogP contribution in [-0.2, 0) is 0 Å². The Bertz CT molecular complexity index is 764. The third kappa shape index (κ3) is 4.87. The zero-order chi connectivity index (χ0) is 18.2. The first-order valence-corrected chi connectivity index (χ1v) is 7.97. The number of rotatable bonds is 7. The van der Waals surface area contributed by atoms with Crippen LogP contribution in [0.5, 0.6) is 11.5 Å². The zero-order valence-electron chi connectivity index (χ0n) is 14.0. The van der Waals surface area contributed by atoms with E-state index in [9.17, 15) is 9.59 Å². The summed E-state index contributed by atoms with van der Waals surface area (Å²) < 4.78 is 10.3. The quantitative estimate of drug-likeness (QED) is 0.742. The van der Waals surface area contributed by atoms with Gasteiger partial charge in [0.2, 0.25) is 0 Å². The Kier molecular flexibility index (Phi) is 6.65. The van der Waals surface area contributed by atoms with Crippen molar-refractivity contribution < 1.29 is 19.1 Å². The molecule has 0 spiro atoms. The van der Waals surface area contributed by atoms with Gasteiger partial charge in [0, 0.05) is 18.1 Å². The molecule has 2 aromatic rings. The molecule has 0 aliphatic carbocycles. The molecule has 2 N–H and O–H groups in total. The predicted octanol–water partition coefficient (Wildman–Crippen LogP) is 2.52. The van der Waals surface area contributed by atoms with Crippen molar-refractivity contribution in [1.29, 1.82) is 0 Å². The maximum absolute atomic E-state index is 12.2. The molecule has 25 heavy (non-hydrogen) atoms. The molecule has 2 aromatic carbocycles. The highest BCUT2D eigenvalue weighted by molar-refractivity contribution is 6.31. The van der Waals surface area contributed by atoms with Crippen molar-refractivity contribution in [1.82, 2.24) is 10.6 Å². The molecule has 0 fully saturated rings. The molecule has 0 bridgehead atoms. The lowest BCUT2D eigenvalue weighted by Crippen LogP contribution is -2.35. The normalized spacial score (nSPS) is 10.0. The standard InChI is InChI=1S/C18H19ClN2O4/c1-24-15-6-4-3-5-13(15)17(22)20-9-10-21-18(23)14-11-12(19)7-8-16(14)25-2/h3-8,11H,9-10H2,1-2H3,(H,20,22)(H,21,23). The lowest BCUT2D eigenvalue weighted by Gasteiger charge is -2.11. The molecule has 2 amide bonds. The molecule has 0 saturated carbocycles. The van der Waals surface area contributed by atoms with Crippen LogP contribution in [0.15, 0.2) is 42.5 Å². The maximum Gasteiger partial charge on any atom is 0.255 e. The Balaban J connectivity index is 1.88. The zero-order valence-corrected chi connectivity index (χ0v) is 14.7. The smallest absolute Gasteiger partial charge is 0.255 e. The van der Waals surface area contributed by atoms with Crippen LogP contribution >= 0.6 is 11.6 Å². The fourth-order valence-corrected chi connectivity index (χ4v) is 2.40. The van der Waals surface area contributed by atoms with Gasteiger partial charge in [0.05, 0.1) is 25.3 Å². The minimum atomic E-state index is -0.328. The third-order valence-corrected chi connectivity index (χ3v) is 3.69. The summed E-state index contributed by atoms with van der Waals surface area (Å²) >= 11 is 5.91. The second-order valence-corrected chi connectivity index (χ2v) is 5.49. The summed E-state index contributed by atoms with van der Waals surface area (Å²) in [6.45, 7) is 0.529. The topological polar surface area (TPSA) is 76.7 Å². The van der Waals surface area contributed by atoms with Crippen LogP contribution in [0.2, 0.25) is 5.02 Å². The van der Waals surface area contributed by atoms with Crippen LogP contribution in [0.4, 0.5) is 0 Å². The molecule has 0 aliphatic rings. The van der Waals surface area contributed by atoms with Gasteiger partial charge in [-0.2, -0.15) is 0 Å². The molecule has 0 heterocycles. The van der Waals surface area contributed by atoms with E-state index in [1.807, 2.05) is 0 Å². The van der Waals surface area contributed by atoms with Crippen molar-refractivity contribution in [3.63, 3.8) is 0 Å². The van der Waals surface area contributed by atoms with Crippen molar-refractivity contribution in [2.75, 3.05) is 27.3 Å². The number of para-hydroxylation sites is 1. The largest absolute Gasteiger partial charge is 0.496 e. The predicted molar refractivity (Wildman–Crippen MR) is 95.7 cm³/mol. The van der Waals surface area contributed by atoms with E-state index in [-0.39, 0.29) is 24.9 Å². The van der Waals surface area contributed by atoms with E-state index in [0.717, 1.165) is 0 Å². The maximum atomic E-state index is 12.2. The van der Waals surface area contributed by atoms with Crippen molar-refractivity contribution in [2.24, 2.45) is 0 Å². The van der Waals surface area contributed by atoms with Gasteiger partial charge in [-0.15, -0.1) is 0 Å². The molecule has 0 aromatic heterocycles. The number of amides is 2. The fraction of sp³-hybridized carbons (Fsp3) is 0.222. The lowest BCUT2D eigenvalue weighted by molar-refractivity contribution is 0.0924. The SMILES string of the molecule is COc1ccccc1C(=O)NCCNC(=O)c1cc(Cl)ccc1OC. The van der Waals surface area contributed by atoms with Crippen molar-refractivity contribution in [2.45, 2.75) is 0 Å².